The van der Waals surface area contributed by atoms with E-state index in [4.69, 9.17) is 9.47 Å². The molecule has 30 heavy (non-hydrogen) atoms. The first kappa shape index (κ1) is 23.1. The molecular formula is C23H32N4O3. The summed E-state index contributed by atoms with van der Waals surface area (Å²) in [6.07, 6.45) is 0.824. The van der Waals surface area contributed by atoms with Crippen molar-refractivity contribution in [2.45, 2.75) is 33.7 Å². The predicted molar refractivity (Wildman–Crippen MR) is 122 cm³/mol. The molecule has 0 aliphatic rings. The number of guanidine groups is 1. The van der Waals surface area contributed by atoms with Crippen LogP contribution in [0.5, 0.6) is 11.5 Å². The van der Waals surface area contributed by atoms with E-state index < -0.39 is 0 Å². The van der Waals surface area contributed by atoms with Gasteiger partial charge in [0.15, 0.2) is 5.96 Å². The smallest absolute Gasteiger partial charge is 0.221 e. The second-order valence-electron chi connectivity index (χ2n) is 6.90. The Morgan fingerprint density at radius 3 is 2.43 bits per heavy atom. The number of nitrogens with one attached hydrogen (secondary N) is 3. The summed E-state index contributed by atoms with van der Waals surface area (Å²) >= 11 is 0. The third-order valence-corrected chi connectivity index (χ3v) is 4.46. The van der Waals surface area contributed by atoms with Crippen molar-refractivity contribution in [1.82, 2.24) is 10.6 Å². The van der Waals surface area contributed by atoms with E-state index in [1.807, 2.05) is 37.3 Å². The molecule has 0 aromatic heterocycles. The fraction of sp³-hybridized carbons (Fsp3) is 0.391. The zero-order chi connectivity index (χ0) is 21.9. The molecule has 0 atom stereocenters. The third kappa shape index (κ3) is 6.99. The van der Waals surface area contributed by atoms with E-state index in [1.54, 1.807) is 14.2 Å². The molecule has 162 valence electrons. The van der Waals surface area contributed by atoms with Gasteiger partial charge in [0.2, 0.25) is 5.91 Å². The van der Waals surface area contributed by atoms with Crippen molar-refractivity contribution in [2.24, 2.45) is 4.99 Å². The van der Waals surface area contributed by atoms with Gasteiger partial charge < -0.3 is 25.4 Å². The molecule has 0 unspecified atom stereocenters. The van der Waals surface area contributed by atoms with Gasteiger partial charge in [-0.1, -0.05) is 23.8 Å². The SMILES string of the molecule is CCNC(=NCc1ccc(OC)c(NC(C)=O)c1)NCCc1cc(C)ccc1OC. The number of hydrogen-bond donors (Lipinski definition) is 3. The van der Waals surface area contributed by atoms with E-state index >= 15 is 0 Å². The number of nitrogens with zero attached hydrogens (tertiary/aromatic N) is 1. The lowest BCUT2D eigenvalue weighted by atomic mass is 10.1. The molecule has 1 amide bonds. The van der Waals surface area contributed by atoms with Gasteiger partial charge in [0, 0.05) is 20.0 Å². The highest BCUT2D eigenvalue weighted by molar-refractivity contribution is 5.90. The van der Waals surface area contributed by atoms with E-state index in [0.29, 0.717) is 18.0 Å². The van der Waals surface area contributed by atoms with Gasteiger partial charge in [-0.2, -0.15) is 0 Å². The van der Waals surface area contributed by atoms with E-state index in [-0.39, 0.29) is 5.91 Å². The van der Waals surface area contributed by atoms with Gasteiger partial charge in [-0.25, -0.2) is 4.99 Å². The minimum atomic E-state index is -0.143. The fourth-order valence-corrected chi connectivity index (χ4v) is 3.07. The summed E-state index contributed by atoms with van der Waals surface area (Å²) in [5.74, 6) is 2.11. The van der Waals surface area contributed by atoms with Crippen LogP contribution in [0.3, 0.4) is 0 Å². The van der Waals surface area contributed by atoms with Gasteiger partial charge in [-0.15, -0.1) is 0 Å². The molecule has 0 spiro atoms. The quantitative estimate of drug-likeness (QED) is 0.435. The van der Waals surface area contributed by atoms with Crippen LogP contribution in [0.25, 0.3) is 0 Å². The van der Waals surface area contributed by atoms with Gasteiger partial charge in [0.05, 0.1) is 26.5 Å². The zero-order valence-electron chi connectivity index (χ0n) is 18.5. The highest BCUT2D eigenvalue weighted by atomic mass is 16.5. The molecule has 2 aromatic rings. The number of carbonyl (C=O) groups excluding carboxylic acids is 1. The lowest BCUT2D eigenvalue weighted by molar-refractivity contribution is -0.114. The highest BCUT2D eigenvalue weighted by Gasteiger charge is 2.07. The Morgan fingerprint density at radius 1 is 1.03 bits per heavy atom. The molecule has 0 saturated heterocycles. The fourth-order valence-electron chi connectivity index (χ4n) is 3.07. The summed E-state index contributed by atoms with van der Waals surface area (Å²) in [5.41, 5.74) is 3.98. The molecule has 7 heteroatoms. The number of rotatable bonds is 9. The van der Waals surface area contributed by atoms with E-state index in [2.05, 4.69) is 33.9 Å². The van der Waals surface area contributed by atoms with E-state index in [0.717, 1.165) is 42.3 Å². The molecule has 2 rings (SSSR count). The molecule has 7 nitrogen and oxygen atoms in total. The minimum Gasteiger partial charge on any atom is -0.496 e. The summed E-state index contributed by atoms with van der Waals surface area (Å²) in [5, 5.41) is 9.42. The molecule has 0 radical (unpaired) electrons. The summed E-state index contributed by atoms with van der Waals surface area (Å²) < 4.78 is 10.8. The van der Waals surface area contributed by atoms with Crippen LogP contribution in [-0.4, -0.2) is 39.2 Å². The van der Waals surface area contributed by atoms with Crippen LogP contribution in [0, 0.1) is 6.92 Å². The molecular weight excluding hydrogens is 380 g/mol. The average Bonchev–Trinajstić information content (AvgIpc) is 2.72. The van der Waals surface area contributed by atoms with Crippen molar-refractivity contribution in [3.8, 4) is 11.5 Å². The molecule has 0 bridgehead atoms. The predicted octanol–water partition coefficient (Wildman–Crippen LogP) is 3.27. The summed E-state index contributed by atoms with van der Waals surface area (Å²) in [6, 6.07) is 11.8. The molecule has 3 N–H and O–H groups in total. The average molecular weight is 413 g/mol. The number of aryl methyl sites for hydroxylation is 1. The van der Waals surface area contributed by atoms with Crippen molar-refractivity contribution < 1.29 is 14.3 Å². The number of anilines is 1. The maximum Gasteiger partial charge on any atom is 0.221 e. The Labute approximate surface area is 178 Å². The normalized spacial score (nSPS) is 11.0. The number of hydrogen-bond acceptors (Lipinski definition) is 4. The topological polar surface area (TPSA) is 84.0 Å². The van der Waals surface area contributed by atoms with Crippen LogP contribution in [-0.2, 0) is 17.8 Å². The van der Waals surface area contributed by atoms with Crippen molar-refractivity contribution in [3.05, 3.63) is 53.1 Å². The Kier molecular flexibility index (Phi) is 9.00. The monoisotopic (exact) mass is 412 g/mol. The van der Waals surface area contributed by atoms with Crippen LogP contribution in [0.2, 0.25) is 0 Å². The highest BCUT2D eigenvalue weighted by Crippen LogP contribution is 2.25. The first-order chi connectivity index (χ1) is 14.5. The second-order valence-corrected chi connectivity index (χ2v) is 6.90. The maximum absolute atomic E-state index is 11.4. The summed E-state index contributed by atoms with van der Waals surface area (Å²) in [4.78, 5) is 16.1. The Morgan fingerprint density at radius 2 is 1.77 bits per heavy atom. The minimum absolute atomic E-state index is 0.143. The number of ether oxygens (including phenoxy) is 2. The van der Waals surface area contributed by atoms with Crippen LogP contribution in [0.4, 0.5) is 5.69 Å². The van der Waals surface area contributed by atoms with Crippen LogP contribution in [0.1, 0.15) is 30.5 Å². The van der Waals surface area contributed by atoms with Gasteiger partial charge in [-0.3, -0.25) is 4.79 Å². The standard InChI is InChI=1S/C23H32N4O3/c1-6-24-23(25-12-11-19-13-16(2)7-9-21(19)29-4)26-15-18-8-10-22(30-5)20(14-18)27-17(3)28/h7-10,13-14H,6,11-12,15H2,1-5H3,(H,27,28)(H2,24,25,26). The largest absolute Gasteiger partial charge is 0.496 e. The molecule has 0 saturated carbocycles. The molecule has 0 heterocycles. The lowest BCUT2D eigenvalue weighted by Gasteiger charge is -2.14. The summed E-state index contributed by atoms with van der Waals surface area (Å²) in [6.45, 7) is 7.54. The number of benzene rings is 2. The number of methoxy groups -OCH3 is 2. The van der Waals surface area contributed by atoms with Crippen LogP contribution >= 0.6 is 0 Å². The third-order valence-electron chi connectivity index (χ3n) is 4.46. The van der Waals surface area contributed by atoms with Crippen LogP contribution in [0.15, 0.2) is 41.4 Å². The number of carbonyl (C=O) groups is 1. The summed E-state index contributed by atoms with van der Waals surface area (Å²) in [7, 11) is 3.27. The van der Waals surface area contributed by atoms with Gasteiger partial charge in [0.1, 0.15) is 11.5 Å². The van der Waals surface area contributed by atoms with Gasteiger partial charge in [-0.05, 0) is 49.6 Å². The molecule has 0 fully saturated rings. The van der Waals surface area contributed by atoms with E-state index in [1.165, 1.54) is 12.5 Å². The number of aliphatic imine (C=N–C) groups is 1. The molecule has 0 aliphatic carbocycles. The zero-order valence-corrected chi connectivity index (χ0v) is 18.5. The van der Waals surface area contributed by atoms with Crippen molar-refractivity contribution in [2.75, 3.05) is 32.6 Å². The van der Waals surface area contributed by atoms with Crippen LogP contribution < -0.4 is 25.4 Å². The Hall–Kier alpha value is -3.22. The number of amides is 1. The van der Waals surface area contributed by atoms with E-state index in [9.17, 15) is 4.79 Å². The van der Waals surface area contributed by atoms with Crippen molar-refractivity contribution >= 4 is 17.6 Å². The second kappa shape index (κ2) is 11.7. The Bertz CT molecular complexity index is 881. The molecule has 0 aliphatic heterocycles. The first-order valence-electron chi connectivity index (χ1n) is 10.1. The van der Waals surface area contributed by atoms with Crippen molar-refractivity contribution in [3.63, 3.8) is 0 Å². The molecule has 2 aromatic carbocycles. The van der Waals surface area contributed by atoms with Gasteiger partial charge >= 0.3 is 0 Å². The Balaban J connectivity index is 2.04. The lowest BCUT2D eigenvalue weighted by Crippen LogP contribution is -2.38. The maximum atomic E-state index is 11.4. The van der Waals surface area contributed by atoms with Crippen molar-refractivity contribution in [1.29, 1.82) is 0 Å². The van der Waals surface area contributed by atoms with Gasteiger partial charge in [0.25, 0.3) is 0 Å². The first-order valence-corrected chi connectivity index (χ1v) is 10.1.